The van der Waals surface area contributed by atoms with E-state index in [2.05, 4.69) is 0 Å². The third-order valence-electron chi connectivity index (χ3n) is 2.94. The van der Waals surface area contributed by atoms with Crippen LogP contribution in [-0.2, 0) is 13.1 Å². The van der Waals surface area contributed by atoms with Gasteiger partial charge in [0.05, 0.1) is 6.54 Å². The van der Waals surface area contributed by atoms with Crippen molar-refractivity contribution in [2.45, 2.75) is 20.0 Å². The normalized spacial score (nSPS) is 10.6. The van der Waals surface area contributed by atoms with Crippen LogP contribution >= 0.6 is 0 Å². The van der Waals surface area contributed by atoms with Crippen LogP contribution in [0.3, 0.4) is 0 Å². The fourth-order valence-corrected chi connectivity index (χ4v) is 1.87. The standard InChI is InChI=1S/C14H15FN2O/c1-10-3-2-4-14(18)17(10)9-12-7-11(8-16)5-6-13(12)15/h2-7H,8-9,16H2,1H3. The van der Waals surface area contributed by atoms with Crippen molar-refractivity contribution >= 4 is 0 Å². The molecule has 2 aromatic rings. The Hall–Kier alpha value is -1.94. The van der Waals surface area contributed by atoms with E-state index >= 15 is 0 Å². The lowest BCUT2D eigenvalue weighted by Crippen LogP contribution is -2.22. The molecule has 0 amide bonds. The molecule has 0 saturated carbocycles. The number of nitrogens with two attached hydrogens (primary N) is 1. The van der Waals surface area contributed by atoms with E-state index in [-0.39, 0.29) is 17.9 Å². The number of hydrogen-bond acceptors (Lipinski definition) is 2. The van der Waals surface area contributed by atoms with Gasteiger partial charge in [-0.2, -0.15) is 0 Å². The summed E-state index contributed by atoms with van der Waals surface area (Å²) >= 11 is 0. The van der Waals surface area contributed by atoms with Crippen molar-refractivity contribution in [1.82, 2.24) is 4.57 Å². The molecule has 18 heavy (non-hydrogen) atoms. The molecule has 0 fully saturated rings. The van der Waals surface area contributed by atoms with E-state index < -0.39 is 0 Å². The number of benzene rings is 1. The van der Waals surface area contributed by atoms with Crippen molar-refractivity contribution in [3.8, 4) is 0 Å². The monoisotopic (exact) mass is 246 g/mol. The first-order valence-corrected chi connectivity index (χ1v) is 5.75. The van der Waals surface area contributed by atoms with Crippen LogP contribution in [0.2, 0.25) is 0 Å². The SMILES string of the molecule is Cc1cccc(=O)n1Cc1cc(CN)ccc1F. The minimum Gasteiger partial charge on any atom is -0.326 e. The zero-order chi connectivity index (χ0) is 13.1. The second-order valence-electron chi connectivity index (χ2n) is 4.22. The van der Waals surface area contributed by atoms with Crippen molar-refractivity contribution < 1.29 is 4.39 Å². The van der Waals surface area contributed by atoms with Gasteiger partial charge in [0.1, 0.15) is 5.82 Å². The molecule has 1 aromatic carbocycles. The van der Waals surface area contributed by atoms with Gasteiger partial charge in [-0.05, 0) is 30.7 Å². The van der Waals surface area contributed by atoms with Gasteiger partial charge in [0.2, 0.25) is 0 Å². The maximum Gasteiger partial charge on any atom is 0.251 e. The summed E-state index contributed by atoms with van der Waals surface area (Å²) in [6.07, 6.45) is 0. The summed E-state index contributed by atoms with van der Waals surface area (Å²) in [5.41, 5.74) is 7.54. The zero-order valence-electron chi connectivity index (χ0n) is 10.2. The number of pyridine rings is 1. The summed E-state index contributed by atoms with van der Waals surface area (Å²) < 4.78 is 15.2. The number of nitrogens with zero attached hydrogens (tertiary/aromatic N) is 1. The van der Waals surface area contributed by atoms with Gasteiger partial charge in [-0.15, -0.1) is 0 Å². The van der Waals surface area contributed by atoms with Gasteiger partial charge in [0.25, 0.3) is 5.56 Å². The predicted octanol–water partition coefficient (Wildman–Crippen LogP) is 1.80. The first-order chi connectivity index (χ1) is 8.61. The summed E-state index contributed by atoms with van der Waals surface area (Å²) in [7, 11) is 0. The van der Waals surface area contributed by atoms with E-state index in [0.717, 1.165) is 11.3 Å². The lowest BCUT2D eigenvalue weighted by molar-refractivity contribution is 0.592. The molecular weight excluding hydrogens is 231 g/mol. The van der Waals surface area contributed by atoms with Crippen LogP contribution in [0, 0.1) is 12.7 Å². The van der Waals surface area contributed by atoms with E-state index in [0.29, 0.717) is 12.1 Å². The van der Waals surface area contributed by atoms with Gasteiger partial charge < -0.3 is 10.3 Å². The van der Waals surface area contributed by atoms with Crippen LogP contribution in [0.4, 0.5) is 4.39 Å². The molecule has 4 heteroatoms. The second-order valence-corrected chi connectivity index (χ2v) is 4.22. The molecule has 0 atom stereocenters. The highest BCUT2D eigenvalue weighted by atomic mass is 19.1. The van der Waals surface area contributed by atoms with Gasteiger partial charge in [-0.1, -0.05) is 12.1 Å². The van der Waals surface area contributed by atoms with Crippen molar-refractivity contribution in [3.05, 3.63) is 69.4 Å². The van der Waals surface area contributed by atoms with Crippen molar-refractivity contribution in [3.63, 3.8) is 0 Å². The number of hydrogen-bond donors (Lipinski definition) is 1. The zero-order valence-corrected chi connectivity index (χ0v) is 10.2. The van der Waals surface area contributed by atoms with E-state index in [1.807, 2.05) is 13.0 Å². The Balaban J connectivity index is 2.43. The molecular formula is C14H15FN2O. The maximum atomic E-state index is 13.7. The van der Waals surface area contributed by atoms with Gasteiger partial charge >= 0.3 is 0 Å². The summed E-state index contributed by atoms with van der Waals surface area (Å²) in [6, 6.07) is 9.74. The van der Waals surface area contributed by atoms with Crippen LogP contribution in [0.25, 0.3) is 0 Å². The Bertz CT molecular complexity index is 619. The molecule has 0 aliphatic heterocycles. The molecule has 0 radical (unpaired) electrons. The summed E-state index contributed by atoms with van der Waals surface area (Å²) in [6.45, 7) is 2.41. The molecule has 0 aliphatic carbocycles. The molecule has 0 unspecified atom stereocenters. The molecule has 2 rings (SSSR count). The van der Waals surface area contributed by atoms with Crippen LogP contribution < -0.4 is 11.3 Å². The highest BCUT2D eigenvalue weighted by Gasteiger charge is 2.06. The Labute approximate surface area is 105 Å². The third kappa shape index (κ3) is 2.49. The Kier molecular flexibility index (Phi) is 3.58. The van der Waals surface area contributed by atoms with Gasteiger partial charge in [0, 0.05) is 23.9 Å². The lowest BCUT2D eigenvalue weighted by Gasteiger charge is -2.11. The van der Waals surface area contributed by atoms with Gasteiger partial charge in [-0.25, -0.2) is 4.39 Å². The Morgan fingerprint density at radius 2 is 2.06 bits per heavy atom. The predicted molar refractivity (Wildman–Crippen MR) is 68.8 cm³/mol. The average molecular weight is 246 g/mol. The minimum absolute atomic E-state index is 0.132. The molecule has 94 valence electrons. The minimum atomic E-state index is -0.317. The lowest BCUT2D eigenvalue weighted by atomic mass is 10.1. The average Bonchev–Trinajstić information content (AvgIpc) is 2.36. The van der Waals surface area contributed by atoms with Crippen LogP contribution in [0.5, 0.6) is 0 Å². The van der Waals surface area contributed by atoms with Crippen LogP contribution in [0.1, 0.15) is 16.8 Å². The summed E-state index contributed by atoms with van der Waals surface area (Å²) in [5, 5.41) is 0. The maximum absolute atomic E-state index is 13.7. The molecule has 0 aliphatic rings. The van der Waals surface area contributed by atoms with Gasteiger partial charge in [0.15, 0.2) is 0 Å². The third-order valence-corrected chi connectivity index (χ3v) is 2.94. The molecule has 2 N–H and O–H groups in total. The summed E-state index contributed by atoms with van der Waals surface area (Å²) in [5.74, 6) is -0.317. The quantitative estimate of drug-likeness (QED) is 0.897. The first kappa shape index (κ1) is 12.5. The molecule has 0 saturated heterocycles. The fraction of sp³-hybridized carbons (Fsp3) is 0.214. The van der Waals surface area contributed by atoms with E-state index in [4.69, 9.17) is 5.73 Å². The van der Waals surface area contributed by atoms with Crippen molar-refractivity contribution in [2.24, 2.45) is 5.73 Å². The number of aromatic nitrogens is 1. The van der Waals surface area contributed by atoms with E-state index in [9.17, 15) is 9.18 Å². The van der Waals surface area contributed by atoms with Crippen LogP contribution in [0.15, 0.2) is 41.2 Å². The first-order valence-electron chi connectivity index (χ1n) is 5.75. The number of aryl methyl sites for hydroxylation is 1. The van der Waals surface area contributed by atoms with Crippen molar-refractivity contribution in [2.75, 3.05) is 0 Å². The molecule has 1 heterocycles. The number of halogens is 1. The van der Waals surface area contributed by atoms with Crippen molar-refractivity contribution in [1.29, 1.82) is 0 Å². The van der Waals surface area contributed by atoms with Gasteiger partial charge in [-0.3, -0.25) is 4.79 Å². The highest BCUT2D eigenvalue weighted by Crippen LogP contribution is 2.12. The molecule has 3 nitrogen and oxygen atoms in total. The van der Waals surface area contributed by atoms with Crippen LogP contribution in [-0.4, -0.2) is 4.57 Å². The smallest absolute Gasteiger partial charge is 0.251 e. The van der Waals surface area contributed by atoms with E-state index in [1.165, 1.54) is 12.1 Å². The molecule has 1 aromatic heterocycles. The number of rotatable bonds is 3. The molecule has 0 spiro atoms. The molecule has 0 bridgehead atoms. The Morgan fingerprint density at radius 3 is 2.72 bits per heavy atom. The topological polar surface area (TPSA) is 48.0 Å². The fourth-order valence-electron chi connectivity index (χ4n) is 1.87. The largest absolute Gasteiger partial charge is 0.326 e. The Morgan fingerprint density at radius 1 is 1.28 bits per heavy atom. The highest BCUT2D eigenvalue weighted by molar-refractivity contribution is 5.25. The second kappa shape index (κ2) is 5.14. The van der Waals surface area contributed by atoms with E-state index in [1.54, 1.807) is 22.8 Å². The summed E-state index contributed by atoms with van der Waals surface area (Å²) in [4.78, 5) is 11.7.